The van der Waals surface area contributed by atoms with E-state index in [4.69, 9.17) is 4.74 Å². The predicted octanol–water partition coefficient (Wildman–Crippen LogP) is 3.89. The molecule has 0 unspecified atom stereocenters. The summed E-state index contributed by atoms with van der Waals surface area (Å²) < 4.78 is 47.2. The molecule has 0 heterocycles. The van der Waals surface area contributed by atoms with Crippen molar-refractivity contribution in [1.29, 1.82) is 0 Å². The first-order valence-electron chi connectivity index (χ1n) is 12.1. The third-order valence-electron chi connectivity index (χ3n) is 6.03. The minimum Gasteiger partial charge on any atom is -0.497 e. The molecule has 0 fully saturated rings. The van der Waals surface area contributed by atoms with Crippen LogP contribution in [0.25, 0.3) is 0 Å². The Hall–Kier alpha value is -3.92. The molecule has 1 atom stereocenters. The van der Waals surface area contributed by atoms with Gasteiger partial charge in [0.1, 0.15) is 24.2 Å². The van der Waals surface area contributed by atoms with E-state index in [0.717, 1.165) is 9.87 Å². The van der Waals surface area contributed by atoms with E-state index in [1.807, 2.05) is 6.92 Å². The van der Waals surface area contributed by atoms with Crippen molar-refractivity contribution in [2.45, 2.75) is 38.3 Å². The minimum absolute atomic E-state index is 0.0154. The number of methoxy groups -OCH3 is 1. The number of amides is 2. The summed E-state index contributed by atoms with van der Waals surface area (Å²) in [5, 5.41) is 2.70. The Labute approximate surface area is 223 Å². The molecule has 10 heteroatoms. The van der Waals surface area contributed by atoms with Crippen LogP contribution in [0.5, 0.6) is 5.75 Å². The Morgan fingerprint density at radius 3 is 2.13 bits per heavy atom. The van der Waals surface area contributed by atoms with Gasteiger partial charge in [0.25, 0.3) is 10.0 Å². The Balaban J connectivity index is 2.02. The van der Waals surface area contributed by atoms with E-state index in [1.54, 1.807) is 50.2 Å². The van der Waals surface area contributed by atoms with Crippen LogP contribution in [0, 0.1) is 12.7 Å². The summed E-state index contributed by atoms with van der Waals surface area (Å²) in [6.07, 6.45) is 0. The first-order chi connectivity index (χ1) is 18.1. The first kappa shape index (κ1) is 28.6. The van der Waals surface area contributed by atoms with Crippen LogP contribution in [-0.2, 0) is 26.2 Å². The highest BCUT2D eigenvalue weighted by atomic mass is 32.2. The number of ether oxygens (including phenoxy) is 1. The lowest BCUT2D eigenvalue weighted by Gasteiger charge is -2.32. The summed E-state index contributed by atoms with van der Waals surface area (Å²) in [6.45, 7) is 4.96. The summed E-state index contributed by atoms with van der Waals surface area (Å²) >= 11 is 0. The van der Waals surface area contributed by atoms with Gasteiger partial charge in [0.15, 0.2) is 0 Å². The van der Waals surface area contributed by atoms with E-state index in [1.165, 1.54) is 48.4 Å². The molecule has 3 rings (SSSR count). The molecule has 38 heavy (non-hydrogen) atoms. The Morgan fingerprint density at radius 2 is 1.58 bits per heavy atom. The summed E-state index contributed by atoms with van der Waals surface area (Å²) in [5.74, 6) is -0.895. The van der Waals surface area contributed by atoms with E-state index < -0.39 is 34.3 Å². The van der Waals surface area contributed by atoms with Gasteiger partial charge in [-0.3, -0.25) is 13.9 Å². The van der Waals surface area contributed by atoms with E-state index in [0.29, 0.717) is 17.9 Å². The highest BCUT2D eigenvalue weighted by molar-refractivity contribution is 7.92. The number of halogens is 1. The molecule has 0 saturated carbocycles. The van der Waals surface area contributed by atoms with Crippen LogP contribution in [0.3, 0.4) is 0 Å². The van der Waals surface area contributed by atoms with Gasteiger partial charge in [0, 0.05) is 13.1 Å². The molecular weight excluding hydrogens is 509 g/mol. The van der Waals surface area contributed by atoms with Crippen molar-refractivity contribution in [1.82, 2.24) is 10.2 Å². The molecule has 3 aromatic carbocycles. The van der Waals surface area contributed by atoms with Gasteiger partial charge in [0.05, 0.1) is 17.7 Å². The number of rotatable bonds is 11. The largest absolute Gasteiger partial charge is 0.497 e. The monoisotopic (exact) mass is 541 g/mol. The molecule has 0 saturated heterocycles. The SMILES string of the molecule is CCNC(=O)[C@H](C)N(Cc1ccc(F)cc1)C(=O)CN(c1ccc(OC)cc1)S(=O)(=O)c1ccc(C)cc1. The fraction of sp³-hybridized carbons (Fsp3) is 0.286. The maximum atomic E-state index is 13.8. The second kappa shape index (κ2) is 12.6. The molecule has 0 aliphatic carbocycles. The topological polar surface area (TPSA) is 96.0 Å². The fourth-order valence-electron chi connectivity index (χ4n) is 3.81. The second-order valence-electron chi connectivity index (χ2n) is 8.74. The summed E-state index contributed by atoms with van der Waals surface area (Å²) in [4.78, 5) is 27.8. The predicted molar refractivity (Wildman–Crippen MR) is 144 cm³/mol. The number of carbonyl (C=O) groups is 2. The number of hydrogen-bond donors (Lipinski definition) is 1. The molecule has 0 aromatic heterocycles. The van der Waals surface area contributed by atoms with Crippen LogP contribution in [0.1, 0.15) is 25.0 Å². The Kier molecular flexibility index (Phi) is 9.46. The lowest BCUT2D eigenvalue weighted by molar-refractivity contribution is -0.139. The smallest absolute Gasteiger partial charge is 0.264 e. The average molecular weight is 542 g/mol. The molecule has 202 valence electrons. The zero-order chi connectivity index (χ0) is 27.9. The summed E-state index contributed by atoms with van der Waals surface area (Å²) in [6, 6.07) is 17.3. The van der Waals surface area contributed by atoms with Gasteiger partial charge in [-0.25, -0.2) is 12.8 Å². The number of aryl methyl sites for hydroxylation is 1. The van der Waals surface area contributed by atoms with Gasteiger partial charge < -0.3 is 15.0 Å². The maximum Gasteiger partial charge on any atom is 0.264 e. The van der Waals surface area contributed by atoms with Gasteiger partial charge in [-0.2, -0.15) is 0 Å². The van der Waals surface area contributed by atoms with Gasteiger partial charge in [-0.05, 0) is 74.9 Å². The molecule has 8 nitrogen and oxygen atoms in total. The van der Waals surface area contributed by atoms with Crippen molar-refractivity contribution in [3.05, 3.63) is 89.7 Å². The maximum absolute atomic E-state index is 13.8. The third kappa shape index (κ3) is 6.89. The number of nitrogens with zero attached hydrogens (tertiary/aromatic N) is 2. The van der Waals surface area contributed by atoms with Gasteiger partial charge in [-0.15, -0.1) is 0 Å². The second-order valence-corrected chi connectivity index (χ2v) is 10.6. The molecule has 0 spiro atoms. The number of carbonyl (C=O) groups excluding carboxylic acids is 2. The molecule has 2 amide bonds. The number of likely N-dealkylation sites (N-methyl/N-ethyl adjacent to an activating group) is 1. The van der Waals surface area contributed by atoms with Crippen molar-refractivity contribution >= 4 is 27.5 Å². The average Bonchev–Trinajstić information content (AvgIpc) is 2.91. The quantitative estimate of drug-likeness (QED) is 0.397. The van der Waals surface area contributed by atoms with Crippen molar-refractivity contribution in [3.63, 3.8) is 0 Å². The van der Waals surface area contributed by atoms with Crippen LogP contribution >= 0.6 is 0 Å². The Morgan fingerprint density at radius 1 is 0.974 bits per heavy atom. The number of hydrogen-bond acceptors (Lipinski definition) is 5. The van der Waals surface area contributed by atoms with Gasteiger partial charge in [0.2, 0.25) is 11.8 Å². The van der Waals surface area contributed by atoms with Crippen molar-refractivity contribution in [2.24, 2.45) is 0 Å². The highest BCUT2D eigenvalue weighted by Gasteiger charge is 2.32. The lowest BCUT2D eigenvalue weighted by atomic mass is 10.1. The molecule has 0 bridgehead atoms. The summed E-state index contributed by atoms with van der Waals surface area (Å²) in [5.41, 5.74) is 1.73. The molecular formula is C28H32FN3O5S. The van der Waals surface area contributed by atoms with Crippen LogP contribution < -0.4 is 14.4 Å². The Bertz CT molecular complexity index is 1340. The highest BCUT2D eigenvalue weighted by Crippen LogP contribution is 2.26. The number of anilines is 1. The first-order valence-corrected chi connectivity index (χ1v) is 13.6. The van der Waals surface area contributed by atoms with Gasteiger partial charge in [-0.1, -0.05) is 29.8 Å². The lowest BCUT2D eigenvalue weighted by Crippen LogP contribution is -2.51. The number of sulfonamides is 1. The zero-order valence-corrected chi connectivity index (χ0v) is 22.7. The molecule has 1 N–H and O–H groups in total. The van der Waals surface area contributed by atoms with Crippen LogP contribution in [0.15, 0.2) is 77.7 Å². The van der Waals surface area contributed by atoms with Crippen LogP contribution in [0.2, 0.25) is 0 Å². The van der Waals surface area contributed by atoms with Crippen molar-refractivity contribution in [3.8, 4) is 5.75 Å². The third-order valence-corrected chi connectivity index (χ3v) is 7.82. The molecule has 3 aromatic rings. The standard InChI is InChI=1S/C28H32FN3O5S/c1-5-30-28(34)21(3)31(18-22-8-10-23(29)11-9-22)27(33)19-32(24-12-14-25(37-4)15-13-24)38(35,36)26-16-6-20(2)7-17-26/h6-17,21H,5,18-19H2,1-4H3,(H,30,34)/t21-/m0/s1. The van der Waals surface area contributed by atoms with Crippen molar-refractivity contribution < 1.29 is 27.1 Å². The van der Waals surface area contributed by atoms with Crippen molar-refractivity contribution in [2.75, 3.05) is 24.5 Å². The zero-order valence-electron chi connectivity index (χ0n) is 21.8. The number of nitrogens with one attached hydrogen (secondary N) is 1. The van der Waals surface area contributed by atoms with Crippen LogP contribution in [-0.4, -0.2) is 51.4 Å². The van der Waals surface area contributed by atoms with Gasteiger partial charge >= 0.3 is 0 Å². The summed E-state index contributed by atoms with van der Waals surface area (Å²) in [7, 11) is -2.66. The van der Waals surface area contributed by atoms with Crippen LogP contribution in [0.4, 0.5) is 10.1 Å². The molecule has 0 aliphatic rings. The van der Waals surface area contributed by atoms with E-state index in [9.17, 15) is 22.4 Å². The van der Waals surface area contributed by atoms with E-state index in [-0.39, 0.29) is 23.0 Å². The normalized spacial score (nSPS) is 11.9. The molecule has 0 aliphatic heterocycles. The fourth-order valence-corrected chi connectivity index (χ4v) is 5.22. The number of benzene rings is 3. The van der Waals surface area contributed by atoms with E-state index >= 15 is 0 Å². The molecule has 0 radical (unpaired) electrons. The van der Waals surface area contributed by atoms with E-state index in [2.05, 4.69) is 5.32 Å². The minimum atomic E-state index is -4.16.